The minimum absolute atomic E-state index is 0.130. The summed E-state index contributed by atoms with van der Waals surface area (Å²) >= 11 is 0. The maximum atomic E-state index is 12.3. The minimum Gasteiger partial charge on any atom is -0.404 e. The molecule has 0 aromatic rings. The van der Waals surface area contributed by atoms with Crippen molar-refractivity contribution in [1.29, 1.82) is 0 Å². The highest BCUT2D eigenvalue weighted by atomic mass is 19.1. The van der Waals surface area contributed by atoms with Crippen molar-refractivity contribution >= 4 is 0 Å². The van der Waals surface area contributed by atoms with Gasteiger partial charge in [-0.05, 0) is 31.2 Å². The number of halogens is 1. The monoisotopic (exact) mass is 129 g/mol. The lowest BCUT2D eigenvalue weighted by Crippen LogP contribution is -1.81. The van der Waals surface area contributed by atoms with Gasteiger partial charge in [0.05, 0.1) is 5.83 Å². The summed E-state index contributed by atoms with van der Waals surface area (Å²) in [5.41, 5.74) is 5.86. The summed E-state index contributed by atoms with van der Waals surface area (Å²) < 4.78 is 12.3. The Morgan fingerprint density at radius 1 is 1.67 bits per heavy atom. The third kappa shape index (κ3) is 3.76. The molecule has 0 rings (SSSR count). The van der Waals surface area contributed by atoms with Crippen LogP contribution in [0.5, 0.6) is 0 Å². The normalized spacial score (nSPS) is 14.1. The molecule has 0 saturated carbocycles. The molecule has 52 valence electrons. The van der Waals surface area contributed by atoms with Crippen LogP contribution < -0.4 is 5.73 Å². The van der Waals surface area contributed by atoms with Crippen LogP contribution in [0.1, 0.15) is 20.3 Å². The predicted octanol–water partition coefficient (Wildman–Crippen LogP) is 2.11. The molecule has 0 aliphatic carbocycles. The van der Waals surface area contributed by atoms with E-state index in [-0.39, 0.29) is 5.83 Å². The first-order valence-corrected chi connectivity index (χ1v) is 2.95. The molecule has 0 atom stereocenters. The highest BCUT2D eigenvalue weighted by molar-refractivity contribution is 5.16. The molecular formula is C7H12FN. The minimum atomic E-state index is -0.130. The summed E-state index contributed by atoms with van der Waals surface area (Å²) in [5, 5.41) is 0. The first-order chi connectivity index (χ1) is 4.20. The van der Waals surface area contributed by atoms with E-state index in [1.807, 2.05) is 0 Å². The Morgan fingerprint density at radius 2 is 2.22 bits per heavy atom. The first kappa shape index (κ1) is 8.21. The van der Waals surface area contributed by atoms with Crippen molar-refractivity contribution in [2.75, 3.05) is 0 Å². The highest BCUT2D eigenvalue weighted by Crippen LogP contribution is 2.05. The molecule has 0 unspecified atom stereocenters. The highest BCUT2D eigenvalue weighted by Gasteiger charge is 1.87. The van der Waals surface area contributed by atoms with Gasteiger partial charge in [-0.15, -0.1) is 0 Å². The van der Waals surface area contributed by atoms with Gasteiger partial charge < -0.3 is 5.73 Å². The molecule has 0 radical (unpaired) electrons. The fourth-order valence-electron chi connectivity index (χ4n) is 0.397. The third-order valence-corrected chi connectivity index (χ3v) is 0.985. The first-order valence-electron chi connectivity index (χ1n) is 2.95. The molecule has 9 heavy (non-hydrogen) atoms. The van der Waals surface area contributed by atoms with Crippen LogP contribution in [-0.2, 0) is 0 Å². The molecule has 0 bridgehead atoms. The van der Waals surface area contributed by atoms with E-state index in [9.17, 15) is 4.39 Å². The zero-order valence-corrected chi connectivity index (χ0v) is 5.82. The van der Waals surface area contributed by atoms with Gasteiger partial charge in [0.1, 0.15) is 0 Å². The summed E-state index contributed by atoms with van der Waals surface area (Å²) in [6.45, 7) is 3.52. The van der Waals surface area contributed by atoms with Crippen LogP contribution in [0, 0.1) is 0 Å². The van der Waals surface area contributed by atoms with Crippen molar-refractivity contribution in [3.8, 4) is 0 Å². The summed E-state index contributed by atoms with van der Waals surface area (Å²) in [6, 6.07) is 0. The summed E-state index contributed by atoms with van der Waals surface area (Å²) in [5.74, 6) is -0.130. The molecule has 0 saturated heterocycles. The van der Waals surface area contributed by atoms with E-state index in [0.717, 1.165) is 5.57 Å². The van der Waals surface area contributed by atoms with Crippen LogP contribution in [0.2, 0.25) is 0 Å². The van der Waals surface area contributed by atoms with Crippen LogP contribution in [0.3, 0.4) is 0 Å². The fraction of sp³-hybridized carbons (Fsp3) is 0.429. The quantitative estimate of drug-likeness (QED) is 0.568. The topological polar surface area (TPSA) is 26.0 Å². The number of allylic oxidation sites excluding steroid dienone is 3. The molecule has 0 fully saturated rings. The second-order valence-corrected chi connectivity index (χ2v) is 1.86. The predicted molar refractivity (Wildman–Crippen MR) is 37.4 cm³/mol. The van der Waals surface area contributed by atoms with Crippen LogP contribution in [0.4, 0.5) is 4.39 Å². The molecule has 0 amide bonds. The molecule has 0 aliphatic rings. The molecule has 0 aromatic heterocycles. The van der Waals surface area contributed by atoms with Gasteiger partial charge in [0.2, 0.25) is 0 Å². The fourth-order valence-corrected chi connectivity index (χ4v) is 0.397. The van der Waals surface area contributed by atoms with E-state index in [0.29, 0.717) is 6.42 Å². The molecule has 2 heteroatoms. The summed E-state index contributed by atoms with van der Waals surface area (Å²) in [7, 11) is 0. The molecule has 0 heterocycles. The Bertz CT molecular complexity index is 136. The van der Waals surface area contributed by atoms with Crippen molar-refractivity contribution in [3.05, 3.63) is 23.7 Å². The molecular weight excluding hydrogens is 117 g/mol. The summed E-state index contributed by atoms with van der Waals surface area (Å²) in [4.78, 5) is 0. The molecule has 1 nitrogen and oxygen atoms in total. The van der Waals surface area contributed by atoms with E-state index in [1.165, 1.54) is 12.3 Å². The van der Waals surface area contributed by atoms with Crippen LogP contribution >= 0.6 is 0 Å². The number of nitrogens with two attached hydrogens (primary N) is 1. The average Bonchev–Trinajstić information content (AvgIpc) is 1.87. The van der Waals surface area contributed by atoms with Crippen LogP contribution in [0.15, 0.2) is 23.7 Å². The van der Waals surface area contributed by atoms with Gasteiger partial charge in [0.15, 0.2) is 0 Å². The van der Waals surface area contributed by atoms with Gasteiger partial charge in [0.25, 0.3) is 0 Å². The largest absolute Gasteiger partial charge is 0.404 e. The van der Waals surface area contributed by atoms with Crippen molar-refractivity contribution in [1.82, 2.24) is 0 Å². The second kappa shape index (κ2) is 4.13. The Hall–Kier alpha value is -0.790. The lowest BCUT2D eigenvalue weighted by molar-refractivity contribution is 0.603. The van der Waals surface area contributed by atoms with E-state index < -0.39 is 0 Å². The van der Waals surface area contributed by atoms with Crippen LogP contribution in [0.25, 0.3) is 0 Å². The third-order valence-electron chi connectivity index (χ3n) is 0.985. The van der Waals surface area contributed by atoms with Crippen molar-refractivity contribution < 1.29 is 4.39 Å². The Morgan fingerprint density at radius 3 is 2.56 bits per heavy atom. The van der Waals surface area contributed by atoms with Crippen molar-refractivity contribution in [2.24, 2.45) is 5.73 Å². The number of rotatable bonds is 2. The standard InChI is InChI=1S/C7H12FN/c1-3-7(8)4-6(2)5-9/h4-5H,3,9H2,1-2H3/b6-5-,7-4+. The van der Waals surface area contributed by atoms with Gasteiger partial charge in [-0.1, -0.05) is 6.92 Å². The van der Waals surface area contributed by atoms with E-state index in [2.05, 4.69) is 0 Å². The number of hydrogen-bond acceptors (Lipinski definition) is 1. The van der Waals surface area contributed by atoms with Crippen LogP contribution in [-0.4, -0.2) is 0 Å². The Kier molecular flexibility index (Phi) is 3.76. The van der Waals surface area contributed by atoms with Gasteiger partial charge in [-0.3, -0.25) is 0 Å². The SMILES string of the molecule is CC/C(F)=C\C(C)=C/N. The molecule has 0 aromatic carbocycles. The smallest absolute Gasteiger partial charge is 0.0999 e. The second-order valence-electron chi connectivity index (χ2n) is 1.86. The lowest BCUT2D eigenvalue weighted by atomic mass is 10.2. The summed E-state index contributed by atoms with van der Waals surface area (Å²) in [6.07, 6.45) is 3.25. The molecule has 2 N–H and O–H groups in total. The maximum absolute atomic E-state index is 12.3. The van der Waals surface area contributed by atoms with Gasteiger partial charge in [0, 0.05) is 0 Å². The lowest BCUT2D eigenvalue weighted by Gasteiger charge is -1.89. The zero-order valence-electron chi connectivity index (χ0n) is 5.82. The van der Waals surface area contributed by atoms with E-state index >= 15 is 0 Å². The Labute approximate surface area is 55.1 Å². The number of hydrogen-bond donors (Lipinski definition) is 1. The van der Waals surface area contributed by atoms with Gasteiger partial charge in [-0.25, -0.2) is 4.39 Å². The van der Waals surface area contributed by atoms with E-state index in [4.69, 9.17) is 5.73 Å². The zero-order chi connectivity index (χ0) is 7.28. The van der Waals surface area contributed by atoms with Gasteiger partial charge in [-0.2, -0.15) is 0 Å². The van der Waals surface area contributed by atoms with Gasteiger partial charge >= 0.3 is 0 Å². The Balaban J connectivity index is 3.95. The maximum Gasteiger partial charge on any atom is 0.0999 e. The molecule has 0 spiro atoms. The van der Waals surface area contributed by atoms with Crippen molar-refractivity contribution in [3.63, 3.8) is 0 Å². The molecule has 0 aliphatic heterocycles. The average molecular weight is 129 g/mol. The van der Waals surface area contributed by atoms with E-state index in [1.54, 1.807) is 13.8 Å². The van der Waals surface area contributed by atoms with Crippen molar-refractivity contribution in [2.45, 2.75) is 20.3 Å².